The summed E-state index contributed by atoms with van der Waals surface area (Å²) in [6.45, 7) is 0. The molecule has 1 N–H and O–H groups in total. The van der Waals surface area contributed by atoms with Gasteiger partial charge in [0.2, 0.25) is 0 Å². The lowest BCUT2D eigenvalue weighted by atomic mass is 10.1. The van der Waals surface area contributed by atoms with Crippen molar-refractivity contribution in [1.82, 2.24) is 4.98 Å². The van der Waals surface area contributed by atoms with E-state index in [1.807, 2.05) is 0 Å². The number of halogens is 2. The van der Waals surface area contributed by atoms with Gasteiger partial charge in [0.05, 0.1) is 18.4 Å². The van der Waals surface area contributed by atoms with Crippen molar-refractivity contribution in [3.8, 4) is 0 Å². The molecule has 7 heteroatoms. The van der Waals surface area contributed by atoms with E-state index in [0.717, 1.165) is 0 Å². The van der Waals surface area contributed by atoms with Crippen LogP contribution in [0.15, 0.2) is 41.0 Å². The second-order valence-corrected chi connectivity index (χ2v) is 5.23. The van der Waals surface area contributed by atoms with Gasteiger partial charge in [0.15, 0.2) is 0 Å². The SMILES string of the molecule is COC(=O)c1cc(Cl)ccc1NC(=O)c1cccc(Br)n1. The van der Waals surface area contributed by atoms with Crippen LogP contribution in [0.25, 0.3) is 0 Å². The molecule has 0 unspecified atom stereocenters. The molecule has 2 aromatic rings. The maximum atomic E-state index is 12.1. The number of esters is 1. The monoisotopic (exact) mass is 368 g/mol. The predicted octanol–water partition coefficient (Wildman–Crippen LogP) is 3.54. The number of rotatable bonds is 3. The summed E-state index contributed by atoms with van der Waals surface area (Å²) >= 11 is 9.04. The van der Waals surface area contributed by atoms with Gasteiger partial charge in [-0.1, -0.05) is 17.7 Å². The molecule has 0 aliphatic carbocycles. The summed E-state index contributed by atoms with van der Waals surface area (Å²) in [5.41, 5.74) is 0.696. The molecule has 1 amide bonds. The number of benzene rings is 1. The Balaban J connectivity index is 2.31. The number of methoxy groups -OCH3 is 1. The quantitative estimate of drug-likeness (QED) is 0.664. The van der Waals surface area contributed by atoms with Crippen molar-refractivity contribution in [3.05, 3.63) is 57.3 Å². The number of pyridine rings is 1. The third-order valence-electron chi connectivity index (χ3n) is 2.58. The molecule has 0 radical (unpaired) electrons. The highest BCUT2D eigenvalue weighted by molar-refractivity contribution is 9.10. The molecule has 0 spiro atoms. The number of nitrogens with one attached hydrogen (secondary N) is 1. The van der Waals surface area contributed by atoms with Crippen molar-refractivity contribution in [2.45, 2.75) is 0 Å². The molecule has 0 saturated heterocycles. The molecule has 0 aliphatic heterocycles. The smallest absolute Gasteiger partial charge is 0.340 e. The van der Waals surface area contributed by atoms with Gasteiger partial charge in [-0.2, -0.15) is 0 Å². The van der Waals surface area contributed by atoms with Gasteiger partial charge in [-0.3, -0.25) is 4.79 Å². The fraction of sp³-hybridized carbons (Fsp3) is 0.0714. The topological polar surface area (TPSA) is 68.3 Å². The molecule has 0 atom stereocenters. The largest absolute Gasteiger partial charge is 0.465 e. The second kappa shape index (κ2) is 6.69. The molecule has 1 heterocycles. The highest BCUT2D eigenvalue weighted by Gasteiger charge is 2.16. The van der Waals surface area contributed by atoms with Crippen LogP contribution in [0, 0.1) is 0 Å². The van der Waals surface area contributed by atoms with Gasteiger partial charge >= 0.3 is 5.97 Å². The molecule has 0 fully saturated rings. The number of hydrogen-bond donors (Lipinski definition) is 1. The maximum Gasteiger partial charge on any atom is 0.340 e. The second-order valence-electron chi connectivity index (χ2n) is 3.98. The zero-order valence-electron chi connectivity index (χ0n) is 10.9. The molecule has 0 bridgehead atoms. The first-order chi connectivity index (χ1) is 10.0. The third kappa shape index (κ3) is 3.80. The van der Waals surface area contributed by atoms with E-state index in [-0.39, 0.29) is 11.3 Å². The van der Waals surface area contributed by atoms with Crippen molar-refractivity contribution < 1.29 is 14.3 Å². The van der Waals surface area contributed by atoms with E-state index in [4.69, 9.17) is 11.6 Å². The normalized spacial score (nSPS) is 10.0. The highest BCUT2D eigenvalue weighted by atomic mass is 79.9. The number of anilines is 1. The van der Waals surface area contributed by atoms with E-state index in [9.17, 15) is 9.59 Å². The van der Waals surface area contributed by atoms with Crippen LogP contribution in [0.2, 0.25) is 5.02 Å². The molecular formula is C14H10BrClN2O3. The first-order valence-corrected chi connectivity index (χ1v) is 7.00. The van der Waals surface area contributed by atoms with Gasteiger partial charge in [0.25, 0.3) is 5.91 Å². The van der Waals surface area contributed by atoms with Crippen LogP contribution in [0.4, 0.5) is 5.69 Å². The van der Waals surface area contributed by atoms with Crippen LogP contribution < -0.4 is 5.32 Å². The summed E-state index contributed by atoms with van der Waals surface area (Å²) in [6, 6.07) is 9.49. The van der Waals surface area contributed by atoms with Crippen LogP contribution in [-0.2, 0) is 4.74 Å². The summed E-state index contributed by atoms with van der Waals surface area (Å²) in [5, 5.41) is 2.98. The Kier molecular flexibility index (Phi) is 4.93. The van der Waals surface area contributed by atoms with Crippen molar-refractivity contribution >= 4 is 45.1 Å². The van der Waals surface area contributed by atoms with E-state index in [0.29, 0.717) is 15.3 Å². The molecule has 21 heavy (non-hydrogen) atoms. The summed E-state index contributed by atoms with van der Waals surface area (Å²) < 4.78 is 5.21. The van der Waals surface area contributed by atoms with Gasteiger partial charge in [0, 0.05) is 5.02 Å². The zero-order valence-corrected chi connectivity index (χ0v) is 13.2. The Bertz CT molecular complexity index is 706. The van der Waals surface area contributed by atoms with Crippen LogP contribution in [0.1, 0.15) is 20.8 Å². The minimum absolute atomic E-state index is 0.174. The van der Waals surface area contributed by atoms with Gasteiger partial charge < -0.3 is 10.1 Å². The molecule has 2 rings (SSSR count). The zero-order chi connectivity index (χ0) is 15.4. The van der Waals surface area contributed by atoms with E-state index >= 15 is 0 Å². The Labute approximate surface area is 134 Å². The lowest BCUT2D eigenvalue weighted by molar-refractivity contribution is 0.0602. The third-order valence-corrected chi connectivity index (χ3v) is 3.26. The van der Waals surface area contributed by atoms with E-state index < -0.39 is 11.9 Å². The number of aromatic nitrogens is 1. The first-order valence-electron chi connectivity index (χ1n) is 5.83. The number of ether oxygens (including phenoxy) is 1. The summed E-state index contributed by atoms with van der Waals surface area (Å²) in [5.74, 6) is -1.03. The van der Waals surface area contributed by atoms with E-state index in [1.165, 1.54) is 19.2 Å². The summed E-state index contributed by atoms with van der Waals surface area (Å²) in [7, 11) is 1.25. The average molecular weight is 370 g/mol. The highest BCUT2D eigenvalue weighted by Crippen LogP contribution is 2.22. The average Bonchev–Trinajstić information content (AvgIpc) is 2.48. The van der Waals surface area contributed by atoms with Crippen molar-refractivity contribution in [2.75, 3.05) is 12.4 Å². The standard InChI is InChI=1S/C14H10BrClN2O3/c1-21-14(20)9-7-8(16)5-6-10(9)18-13(19)11-3-2-4-12(15)17-11/h2-7H,1H3,(H,18,19). The van der Waals surface area contributed by atoms with Crippen LogP contribution in [0.5, 0.6) is 0 Å². The maximum absolute atomic E-state index is 12.1. The molecule has 0 aliphatic rings. The Hall–Kier alpha value is -1.92. The van der Waals surface area contributed by atoms with Crippen molar-refractivity contribution in [2.24, 2.45) is 0 Å². The number of amides is 1. The van der Waals surface area contributed by atoms with E-state index in [1.54, 1.807) is 24.3 Å². The number of carbonyl (C=O) groups is 2. The first kappa shape index (κ1) is 15.5. The predicted molar refractivity (Wildman–Crippen MR) is 82.7 cm³/mol. The lowest BCUT2D eigenvalue weighted by Gasteiger charge is -2.10. The van der Waals surface area contributed by atoms with Gasteiger partial charge in [-0.05, 0) is 46.3 Å². The number of carbonyl (C=O) groups excluding carboxylic acids is 2. The lowest BCUT2D eigenvalue weighted by Crippen LogP contribution is -2.16. The molecular weight excluding hydrogens is 360 g/mol. The minimum Gasteiger partial charge on any atom is -0.465 e. The summed E-state index contributed by atoms with van der Waals surface area (Å²) in [4.78, 5) is 27.9. The molecule has 108 valence electrons. The van der Waals surface area contributed by atoms with Crippen molar-refractivity contribution in [3.63, 3.8) is 0 Å². The van der Waals surface area contributed by atoms with Gasteiger partial charge in [-0.25, -0.2) is 9.78 Å². The fourth-order valence-corrected chi connectivity index (χ4v) is 2.14. The Morgan fingerprint density at radius 2 is 2.05 bits per heavy atom. The molecule has 1 aromatic heterocycles. The molecule has 5 nitrogen and oxygen atoms in total. The minimum atomic E-state index is -0.588. The number of nitrogens with zero attached hydrogens (tertiary/aromatic N) is 1. The van der Waals surface area contributed by atoms with Crippen LogP contribution in [0.3, 0.4) is 0 Å². The fourth-order valence-electron chi connectivity index (χ4n) is 1.63. The van der Waals surface area contributed by atoms with Gasteiger partial charge in [0.1, 0.15) is 10.3 Å². The molecule has 1 aromatic carbocycles. The van der Waals surface area contributed by atoms with Crippen molar-refractivity contribution in [1.29, 1.82) is 0 Å². The number of hydrogen-bond acceptors (Lipinski definition) is 4. The van der Waals surface area contributed by atoms with Crippen LogP contribution >= 0.6 is 27.5 Å². The molecule has 0 saturated carbocycles. The summed E-state index contributed by atoms with van der Waals surface area (Å²) in [6.07, 6.45) is 0. The Morgan fingerprint density at radius 3 is 2.71 bits per heavy atom. The van der Waals surface area contributed by atoms with Gasteiger partial charge in [-0.15, -0.1) is 0 Å². The Morgan fingerprint density at radius 1 is 1.29 bits per heavy atom. The van der Waals surface area contributed by atoms with E-state index in [2.05, 4.69) is 31.0 Å². The van der Waals surface area contributed by atoms with Crippen LogP contribution in [-0.4, -0.2) is 24.0 Å².